The summed E-state index contributed by atoms with van der Waals surface area (Å²) in [4.78, 5) is 28.6. The van der Waals surface area contributed by atoms with Gasteiger partial charge in [0.2, 0.25) is 0 Å². The fraction of sp³-hybridized carbons (Fsp3) is 0.276. The number of aromatic amines is 1. The molecule has 1 aliphatic rings. The van der Waals surface area contributed by atoms with Crippen molar-refractivity contribution in [2.24, 2.45) is 0 Å². The van der Waals surface area contributed by atoms with Crippen LogP contribution in [-0.2, 0) is 12.7 Å². The second-order valence-electron chi connectivity index (χ2n) is 9.35. The molecule has 3 aromatic heterocycles. The third-order valence-electron chi connectivity index (χ3n) is 6.74. The molecule has 2 N–H and O–H groups in total. The van der Waals surface area contributed by atoms with Gasteiger partial charge in [0.25, 0.3) is 5.91 Å². The number of benzene rings is 1. The predicted molar refractivity (Wildman–Crippen MR) is 143 cm³/mol. The van der Waals surface area contributed by atoms with Crippen LogP contribution in [0.25, 0.3) is 11.0 Å². The maximum atomic E-state index is 13.9. The molecule has 39 heavy (non-hydrogen) atoms. The number of piperazine rings is 1. The first-order chi connectivity index (χ1) is 18.8. The summed E-state index contributed by atoms with van der Waals surface area (Å²) in [7, 11) is 0. The van der Waals surface area contributed by atoms with Crippen LogP contribution in [0.4, 0.5) is 19.0 Å². The third-order valence-corrected chi connectivity index (χ3v) is 6.74. The molecule has 1 aromatic carbocycles. The molecular weight excluding hydrogens is 505 g/mol. The van der Waals surface area contributed by atoms with Crippen molar-refractivity contribution in [1.29, 1.82) is 0 Å². The number of hydrogen-bond acceptors (Lipinski definition) is 5. The van der Waals surface area contributed by atoms with Gasteiger partial charge in [-0.05, 0) is 48.5 Å². The first-order valence-corrected chi connectivity index (χ1v) is 12.7. The molecule has 7 nitrogen and oxygen atoms in total. The number of fused-ring (bicyclic) bond motifs is 1. The molecule has 4 heterocycles. The lowest BCUT2D eigenvalue weighted by Crippen LogP contribution is -2.45. The standard InChI is InChI=1S/C29H27F3N6O/c1-2-37-11-13-38(14-12-37)19-24-6-5-23(17-25(24)29(30,31)32)28(39)36-26-16-20(7-9-33-26)3-4-21-15-22-8-10-34-27(22)35-18-21/h5-10,15-18H,2,11-14,19H2,1H3,(H,34,35)(H,33,36,39). The summed E-state index contributed by atoms with van der Waals surface area (Å²) in [5.41, 5.74) is 1.35. The van der Waals surface area contributed by atoms with E-state index in [2.05, 4.69) is 43.9 Å². The predicted octanol–water partition coefficient (Wildman–Crippen LogP) is 4.77. The van der Waals surface area contributed by atoms with Crippen molar-refractivity contribution in [1.82, 2.24) is 24.8 Å². The van der Waals surface area contributed by atoms with E-state index in [-0.39, 0.29) is 23.5 Å². The van der Waals surface area contributed by atoms with E-state index in [4.69, 9.17) is 0 Å². The highest BCUT2D eigenvalue weighted by Gasteiger charge is 2.34. The highest BCUT2D eigenvalue weighted by Crippen LogP contribution is 2.33. The molecule has 1 saturated heterocycles. The van der Waals surface area contributed by atoms with Gasteiger partial charge in [0.05, 0.1) is 5.56 Å². The van der Waals surface area contributed by atoms with E-state index in [0.717, 1.165) is 42.3 Å². The summed E-state index contributed by atoms with van der Waals surface area (Å²) in [6, 6.07) is 10.8. The Labute approximate surface area is 224 Å². The number of pyridine rings is 2. The van der Waals surface area contributed by atoms with Crippen molar-refractivity contribution in [2.75, 3.05) is 38.0 Å². The van der Waals surface area contributed by atoms with Crippen molar-refractivity contribution < 1.29 is 18.0 Å². The second-order valence-corrected chi connectivity index (χ2v) is 9.35. The van der Waals surface area contributed by atoms with Gasteiger partial charge in [-0.15, -0.1) is 0 Å². The van der Waals surface area contributed by atoms with Gasteiger partial charge >= 0.3 is 6.18 Å². The zero-order valence-corrected chi connectivity index (χ0v) is 21.3. The van der Waals surface area contributed by atoms with E-state index in [9.17, 15) is 18.0 Å². The van der Waals surface area contributed by atoms with Crippen molar-refractivity contribution >= 4 is 22.8 Å². The Kier molecular flexibility index (Phi) is 7.63. The quantitative estimate of drug-likeness (QED) is 0.363. The Morgan fingerprint density at radius 1 is 1.00 bits per heavy atom. The SMILES string of the molecule is CCN1CCN(Cc2ccc(C(=O)Nc3cc(C#Cc4cnc5[nH]ccc5c4)ccn3)cc2C(F)(F)F)CC1. The van der Waals surface area contributed by atoms with Crippen LogP contribution in [0.5, 0.6) is 0 Å². The summed E-state index contributed by atoms with van der Waals surface area (Å²) in [6.45, 7) is 6.25. The van der Waals surface area contributed by atoms with Crippen LogP contribution in [0.1, 0.15) is 39.5 Å². The Morgan fingerprint density at radius 3 is 2.54 bits per heavy atom. The Morgan fingerprint density at radius 2 is 1.77 bits per heavy atom. The number of alkyl halides is 3. The number of anilines is 1. The van der Waals surface area contributed by atoms with Crippen molar-refractivity contribution in [3.8, 4) is 11.8 Å². The molecule has 0 bridgehead atoms. The number of nitrogens with one attached hydrogen (secondary N) is 2. The number of H-pyrrole nitrogens is 1. The summed E-state index contributed by atoms with van der Waals surface area (Å²) in [5, 5.41) is 3.53. The molecular formula is C29H27F3N6O. The molecule has 0 atom stereocenters. The minimum atomic E-state index is -4.58. The lowest BCUT2D eigenvalue weighted by Gasteiger charge is -2.34. The number of aromatic nitrogens is 3. The first kappa shape index (κ1) is 26.4. The summed E-state index contributed by atoms with van der Waals surface area (Å²) in [5.74, 6) is 5.55. The van der Waals surface area contributed by atoms with E-state index in [1.54, 1.807) is 24.5 Å². The molecule has 4 aromatic rings. The van der Waals surface area contributed by atoms with Crippen molar-refractivity contribution in [3.63, 3.8) is 0 Å². The third kappa shape index (κ3) is 6.45. The number of rotatable bonds is 5. The van der Waals surface area contributed by atoms with Crippen molar-refractivity contribution in [3.05, 3.63) is 88.9 Å². The molecule has 1 fully saturated rings. The van der Waals surface area contributed by atoms with Crippen LogP contribution in [0.2, 0.25) is 0 Å². The van der Waals surface area contributed by atoms with Crippen LogP contribution in [-0.4, -0.2) is 63.4 Å². The monoisotopic (exact) mass is 532 g/mol. The van der Waals surface area contributed by atoms with Crippen LogP contribution >= 0.6 is 0 Å². The van der Waals surface area contributed by atoms with E-state index in [1.165, 1.54) is 18.3 Å². The fourth-order valence-corrected chi connectivity index (χ4v) is 4.54. The lowest BCUT2D eigenvalue weighted by molar-refractivity contribution is -0.138. The van der Waals surface area contributed by atoms with Gasteiger partial charge in [-0.3, -0.25) is 9.69 Å². The Hall–Kier alpha value is -4.20. The van der Waals surface area contributed by atoms with Gasteiger partial charge in [-0.2, -0.15) is 13.2 Å². The zero-order chi connectivity index (χ0) is 27.4. The van der Waals surface area contributed by atoms with Crippen LogP contribution < -0.4 is 5.32 Å². The molecule has 1 amide bonds. The highest BCUT2D eigenvalue weighted by molar-refractivity contribution is 6.04. The minimum Gasteiger partial charge on any atom is -0.346 e. The molecule has 5 rings (SSSR count). The zero-order valence-electron chi connectivity index (χ0n) is 21.3. The van der Waals surface area contributed by atoms with Gasteiger partial charge in [0.1, 0.15) is 11.5 Å². The van der Waals surface area contributed by atoms with Crippen LogP contribution in [0.15, 0.2) is 61.1 Å². The Bertz CT molecular complexity index is 1540. The minimum absolute atomic E-state index is 0.0916. The average molecular weight is 533 g/mol. The number of carbonyl (C=O) groups excluding carboxylic acids is 1. The highest BCUT2D eigenvalue weighted by atomic mass is 19.4. The summed E-state index contributed by atoms with van der Waals surface area (Å²) >= 11 is 0. The molecule has 0 spiro atoms. The number of hydrogen-bond donors (Lipinski definition) is 2. The van der Waals surface area contributed by atoms with Crippen LogP contribution in [0.3, 0.4) is 0 Å². The fourth-order valence-electron chi connectivity index (χ4n) is 4.54. The van der Waals surface area contributed by atoms with Gasteiger partial charge in [-0.25, -0.2) is 9.97 Å². The van der Waals surface area contributed by atoms with E-state index >= 15 is 0 Å². The molecule has 0 radical (unpaired) electrons. The number of amides is 1. The Balaban J connectivity index is 1.30. The molecule has 200 valence electrons. The van der Waals surface area contributed by atoms with Gasteiger partial charge < -0.3 is 15.2 Å². The maximum Gasteiger partial charge on any atom is 0.416 e. The lowest BCUT2D eigenvalue weighted by atomic mass is 10.0. The molecule has 0 unspecified atom stereocenters. The van der Waals surface area contributed by atoms with Crippen molar-refractivity contribution in [2.45, 2.75) is 19.6 Å². The largest absolute Gasteiger partial charge is 0.416 e. The van der Waals surface area contributed by atoms with Crippen LogP contribution in [0, 0.1) is 11.8 Å². The maximum absolute atomic E-state index is 13.9. The van der Waals surface area contributed by atoms with E-state index in [0.29, 0.717) is 18.7 Å². The summed E-state index contributed by atoms with van der Waals surface area (Å²) in [6.07, 6.45) is 0.355. The smallest absolute Gasteiger partial charge is 0.346 e. The first-order valence-electron chi connectivity index (χ1n) is 12.7. The number of nitrogens with zero attached hydrogens (tertiary/aromatic N) is 4. The topological polar surface area (TPSA) is 77.1 Å². The number of halogens is 3. The van der Waals surface area contributed by atoms with Gasteiger partial charge in [-0.1, -0.05) is 24.8 Å². The molecule has 0 saturated carbocycles. The number of carbonyl (C=O) groups is 1. The van der Waals surface area contributed by atoms with Gasteiger partial charge in [0.15, 0.2) is 0 Å². The molecule has 1 aliphatic heterocycles. The average Bonchev–Trinajstić information content (AvgIpc) is 3.40. The van der Waals surface area contributed by atoms with E-state index in [1.807, 2.05) is 17.0 Å². The molecule has 0 aliphatic carbocycles. The number of likely N-dealkylation sites (N-methyl/N-ethyl adjacent to an activating group) is 1. The second kappa shape index (κ2) is 11.3. The summed E-state index contributed by atoms with van der Waals surface area (Å²) < 4.78 is 41.8. The van der Waals surface area contributed by atoms with Gasteiger partial charge in [0, 0.05) is 73.4 Å². The van der Waals surface area contributed by atoms with E-state index < -0.39 is 17.6 Å². The normalized spacial score (nSPS) is 14.7. The molecule has 10 heteroatoms.